The molecule has 0 bridgehead atoms. The summed E-state index contributed by atoms with van der Waals surface area (Å²) in [6.45, 7) is 3.79. The summed E-state index contributed by atoms with van der Waals surface area (Å²) in [7, 11) is 0. The zero-order valence-corrected chi connectivity index (χ0v) is 10.4. The molecular weight excluding hydrogens is 220 g/mol. The summed E-state index contributed by atoms with van der Waals surface area (Å²) in [4.78, 5) is 4.32. The largest absolute Gasteiger partial charge is 0.363 e. The number of aromatic nitrogens is 1. The lowest BCUT2D eigenvalue weighted by atomic mass is 10.0. The average molecular weight is 238 g/mol. The summed E-state index contributed by atoms with van der Waals surface area (Å²) in [6, 6.07) is 16.6. The fourth-order valence-corrected chi connectivity index (χ4v) is 1.92. The Morgan fingerprint density at radius 1 is 1.11 bits per heavy atom. The maximum atomic E-state index is 4.32. The molecule has 0 fully saturated rings. The van der Waals surface area contributed by atoms with Crippen LogP contribution in [0.3, 0.4) is 0 Å². The third-order valence-electron chi connectivity index (χ3n) is 2.85. The molecule has 2 aromatic rings. The van der Waals surface area contributed by atoms with Gasteiger partial charge in [-0.2, -0.15) is 0 Å². The summed E-state index contributed by atoms with van der Waals surface area (Å²) in [5, 5.41) is 3.47. The molecule has 1 atom stereocenters. The molecule has 0 aliphatic carbocycles. The van der Waals surface area contributed by atoms with Crippen molar-refractivity contribution < 1.29 is 0 Å². The first kappa shape index (κ1) is 12.4. The second-order valence-corrected chi connectivity index (χ2v) is 4.19. The van der Waals surface area contributed by atoms with Crippen LogP contribution in [-0.4, -0.2) is 4.98 Å². The van der Waals surface area contributed by atoms with Gasteiger partial charge in [-0.15, -0.1) is 6.58 Å². The summed E-state index contributed by atoms with van der Waals surface area (Å²) >= 11 is 0. The predicted molar refractivity (Wildman–Crippen MR) is 76.5 cm³/mol. The van der Waals surface area contributed by atoms with Crippen molar-refractivity contribution in [1.29, 1.82) is 0 Å². The van der Waals surface area contributed by atoms with Crippen molar-refractivity contribution in [3.63, 3.8) is 0 Å². The number of allylic oxidation sites excluding steroid dienone is 1. The topological polar surface area (TPSA) is 24.9 Å². The number of rotatable bonds is 6. The Morgan fingerprint density at radius 2 is 1.89 bits per heavy atom. The van der Waals surface area contributed by atoms with Gasteiger partial charge in [0.1, 0.15) is 5.82 Å². The van der Waals surface area contributed by atoms with Gasteiger partial charge in [0.2, 0.25) is 0 Å². The van der Waals surface area contributed by atoms with Gasteiger partial charge in [0.15, 0.2) is 0 Å². The van der Waals surface area contributed by atoms with Crippen LogP contribution >= 0.6 is 0 Å². The molecule has 0 spiro atoms. The van der Waals surface area contributed by atoms with Crippen LogP contribution < -0.4 is 5.32 Å². The van der Waals surface area contributed by atoms with E-state index in [2.05, 4.69) is 41.1 Å². The molecule has 2 nitrogen and oxygen atoms in total. The van der Waals surface area contributed by atoms with Crippen LogP contribution in [0.5, 0.6) is 0 Å². The zero-order valence-electron chi connectivity index (χ0n) is 10.4. The van der Waals surface area contributed by atoms with E-state index in [-0.39, 0.29) is 6.04 Å². The van der Waals surface area contributed by atoms with Gasteiger partial charge in [-0.25, -0.2) is 4.98 Å². The molecular formula is C16H18N2. The molecule has 2 heteroatoms. The number of hydrogen-bond acceptors (Lipinski definition) is 2. The Kier molecular flexibility index (Phi) is 4.53. The van der Waals surface area contributed by atoms with E-state index < -0.39 is 0 Å². The maximum absolute atomic E-state index is 4.32. The highest BCUT2D eigenvalue weighted by atomic mass is 15.0. The van der Waals surface area contributed by atoms with Crippen LogP contribution in [0.25, 0.3) is 0 Å². The quantitative estimate of drug-likeness (QED) is 0.763. The van der Waals surface area contributed by atoms with Crippen LogP contribution in [0.1, 0.15) is 24.4 Å². The summed E-state index contributed by atoms with van der Waals surface area (Å²) in [5.41, 5.74) is 1.28. The van der Waals surface area contributed by atoms with Crippen molar-refractivity contribution in [2.24, 2.45) is 0 Å². The third kappa shape index (κ3) is 3.45. The van der Waals surface area contributed by atoms with Gasteiger partial charge in [0.25, 0.3) is 0 Å². The number of nitrogens with one attached hydrogen (secondary N) is 1. The number of benzene rings is 1. The minimum Gasteiger partial charge on any atom is -0.363 e. The molecule has 1 N–H and O–H groups in total. The van der Waals surface area contributed by atoms with Gasteiger partial charge in [0, 0.05) is 6.20 Å². The summed E-state index contributed by atoms with van der Waals surface area (Å²) in [5.74, 6) is 0.912. The van der Waals surface area contributed by atoms with Crippen molar-refractivity contribution in [3.05, 3.63) is 72.9 Å². The smallest absolute Gasteiger partial charge is 0.126 e. The van der Waals surface area contributed by atoms with Gasteiger partial charge < -0.3 is 5.32 Å². The van der Waals surface area contributed by atoms with Crippen LogP contribution in [0.2, 0.25) is 0 Å². The first-order valence-corrected chi connectivity index (χ1v) is 6.23. The van der Waals surface area contributed by atoms with Crippen LogP contribution in [0.4, 0.5) is 5.82 Å². The molecule has 18 heavy (non-hydrogen) atoms. The average Bonchev–Trinajstić information content (AvgIpc) is 2.45. The number of pyridine rings is 1. The van der Waals surface area contributed by atoms with Crippen LogP contribution in [0, 0.1) is 0 Å². The van der Waals surface area contributed by atoms with Gasteiger partial charge in [-0.1, -0.05) is 42.5 Å². The molecule has 1 aromatic carbocycles. The monoisotopic (exact) mass is 238 g/mol. The van der Waals surface area contributed by atoms with Crippen molar-refractivity contribution >= 4 is 5.82 Å². The molecule has 0 radical (unpaired) electrons. The standard InChI is InChI=1S/C16H18N2/c1-2-3-11-15(14-9-5-4-6-10-14)18-16-12-7-8-13-17-16/h2,4-10,12-13,15H,1,3,11H2,(H,17,18). The van der Waals surface area contributed by atoms with E-state index in [4.69, 9.17) is 0 Å². The highest BCUT2D eigenvalue weighted by Gasteiger charge is 2.10. The fraction of sp³-hybridized carbons (Fsp3) is 0.188. The Hall–Kier alpha value is -2.09. The molecule has 1 heterocycles. The second kappa shape index (κ2) is 6.60. The molecule has 0 saturated carbocycles. The van der Waals surface area contributed by atoms with E-state index in [0.29, 0.717) is 0 Å². The first-order valence-electron chi connectivity index (χ1n) is 6.23. The Bertz CT molecular complexity index is 465. The van der Waals surface area contributed by atoms with Gasteiger partial charge in [0.05, 0.1) is 6.04 Å². The van der Waals surface area contributed by atoms with Gasteiger partial charge in [-0.3, -0.25) is 0 Å². The molecule has 1 aromatic heterocycles. The molecule has 0 aliphatic heterocycles. The summed E-state index contributed by atoms with van der Waals surface area (Å²) < 4.78 is 0. The van der Waals surface area contributed by atoms with E-state index in [1.807, 2.05) is 30.3 Å². The van der Waals surface area contributed by atoms with E-state index in [0.717, 1.165) is 18.7 Å². The van der Waals surface area contributed by atoms with Gasteiger partial charge in [-0.05, 0) is 30.5 Å². The van der Waals surface area contributed by atoms with Crippen molar-refractivity contribution in [3.8, 4) is 0 Å². The van der Waals surface area contributed by atoms with E-state index in [9.17, 15) is 0 Å². The minimum absolute atomic E-state index is 0.277. The highest BCUT2D eigenvalue weighted by molar-refractivity contribution is 5.37. The fourth-order valence-electron chi connectivity index (χ4n) is 1.92. The van der Waals surface area contributed by atoms with Crippen molar-refractivity contribution in [2.75, 3.05) is 5.32 Å². The normalized spacial score (nSPS) is 11.8. The Morgan fingerprint density at radius 3 is 2.56 bits per heavy atom. The SMILES string of the molecule is C=CCCC(Nc1ccccn1)c1ccccc1. The number of hydrogen-bond donors (Lipinski definition) is 1. The first-order chi connectivity index (χ1) is 8.90. The van der Waals surface area contributed by atoms with Gasteiger partial charge >= 0.3 is 0 Å². The minimum atomic E-state index is 0.277. The predicted octanol–water partition coefficient (Wildman–Crippen LogP) is 4.20. The number of nitrogens with zero attached hydrogens (tertiary/aromatic N) is 1. The lowest BCUT2D eigenvalue weighted by molar-refractivity contribution is 0.702. The third-order valence-corrected chi connectivity index (χ3v) is 2.85. The zero-order chi connectivity index (χ0) is 12.6. The molecule has 1 unspecified atom stereocenters. The highest BCUT2D eigenvalue weighted by Crippen LogP contribution is 2.22. The Balaban J connectivity index is 2.13. The van der Waals surface area contributed by atoms with E-state index >= 15 is 0 Å². The maximum Gasteiger partial charge on any atom is 0.126 e. The molecule has 0 aliphatic rings. The van der Waals surface area contributed by atoms with Crippen molar-refractivity contribution in [2.45, 2.75) is 18.9 Å². The van der Waals surface area contributed by atoms with E-state index in [1.165, 1.54) is 5.56 Å². The summed E-state index contributed by atoms with van der Waals surface area (Å²) in [6.07, 6.45) is 5.76. The molecule has 2 rings (SSSR count). The molecule has 92 valence electrons. The molecule has 0 amide bonds. The van der Waals surface area contributed by atoms with Crippen molar-refractivity contribution in [1.82, 2.24) is 4.98 Å². The lowest BCUT2D eigenvalue weighted by Gasteiger charge is -2.19. The molecule has 0 saturated heterocycles. The second-order valence-electron chi connectivity index (χ2n) is 4.19. The van der Waals surface area contributed by atoms with Crippen LogP contribution in [0.15, 0.2) is 67.4 Å². The van der Waals surface area contributed by atoms with Crippen LogP contribution in [-0.2, 0) is 0 Å². The lowest BCUT2D eigenvalue weighted by Crippen LogP contribution is -2.11. The Labute approximate surface area is 108 Å². The number of anilines is 1. The van der Waals surface area contributed by atoms with E-state index in [1.54, 1.807) is 6.20 Å².